The molecule has 0 aliphatic carbocycles. The molecule has 16 aromatic rings. The van der Waals surface area contributed by atoms with Gasteiger partial charge in [0, 0.05) is 0 Å². The second kappa shape index (κ2) is 48.2. The van der Waals surface area contributed by atoms with Crippen LogP contribution in [-0.2, 0) is 103 Å². The van der Waals surface area contributed by atoms with Gasteiger partial charge in [0.25, 0.3) is 0 Å². The van der Waals surface area contributed by atoms with E-state index in [-0.39, 0.29) is 171 Å². The molecule has 698 valence electrons. The molecule has 17 rings (SSSR count). The van der Waals surface area contributed by atoms with Gasteiger partial charge in [0.2, 0.25) is 23.0 Å². The van der Waals surface area contributed by atoms with Crippen molar-refractivity contribution >= 4 is 23.9 Å². The fourth-order valence-electron chi connectivity index (χ4n) is 15.2. The van der Waals surface area contributed by atoms with Crippen LogP contribution in [0.25, 0.3) is 0 Å². The van der Waals surface area contributed by atoms with Crippen molar-refractivity contribution in [3.05, 3.63) is 502 Å². The molecule has 0 spiro atoms. The highest BCUT2D eigenvalue weighted by molar-refractivity contribution is 5.94. The van der Waals surface area contributed by atoms with Gasteiger partial charge in [-0.3, -0.25) is 0 Å². The van der Waals surface area contributed by atoms with Crippen LogP contribution in [0.5, 0.6) is 69.0 Å². The van der Waals surface area contributed by atoms with Gasteiger partial charge >= 0.3 is 23.9 Å². The monoisotopic (exact) mass is 1850 g/mol. The van der Waals surface area contributed by atoms with E-state index in [9.17, 15) is 0 Å². The van der Waals surface area contributed by atoms with Crippen LogP contribution in [0.4, 0.5) is 0 Å². The van der Waals surface area contributed by atoms with Crippen LogP contribution in [0.2, 0.25) is 0 Å². The van der Waals surface area contributed by atoms with Crippen molar-refractivity contribution in [1.82, 2.24) is 0 Å². The summed E-state index contributed by atoms with van der Waals surface area (Å²) in [5.41, 5.74) is 9.02. The Morgan fingerprint density at radius 3 is 0.561 bits per heavy atom. The molecule has 1 fully saturated rings. The van der Waals surface area contributed by atoms with Crippen LogP contribution in [0.3, 0.4) is 0 Å². The Labute approximate surface area is 806 Å². The summed E-state index contributed by atoms with van der Waals surface area (Å²) in [6.45, 7) is -1.11. The molecule has 0 N–H and O–H groups in total. The molecular weight excluding hydrogens is 1750 g/mol. The van der Waals surface area contributed by atoms with E-state index in [0.29, 0.717) is 0 Å². The second-order valence-corrected chi connectivity index (χ2v) is 32.7. The van der Waals surface area contributed by atoms with Gasteiger partial charge < -0.3 is 80.5 Å². The van der Waals surface area contributed by atoms with Gasteiger partial charge in [0.15, 0.2) is 64.3 Å². The van der Waals surface area contributed by atoms with Crippen LogP contribution >= 0.6 is 0 Å². The average molecular weight is 1850 g/mol. The van der Waals surface area contributed by atoms with Crippen molar-refractivity contribution in [3.63, 3.8) is 0 Å². The fourth-order valence-corrected chi connectivity index (χ4v) is 15.2. The molecule has 0 aromatic heterocycles. The highest BCUT2D eigenvalue weighted by Crippen LogP contribution is 2.47. The van der Waals surface area contributed by atoms with Crippen molar-refractivity contribution in [2.24, 2.45) is 0 Å². The normalized spacial score (nSPS) is 13.6. The number of carbonyl (C=O) groups excluding carboxylic acids is 4. The lowest BCUT2D eigenvalue weighted by molar-refractivity contribution is -0.197. The summed E-state index contributed by atoms with van der Waals surface area (Å²) >= 11 is 0. The Morgan fingerprint density at radius 2 is 0.367 bits per heavy atom. The van der Waals surface area contributed by atoms with Crippen LogP contribution in [-0.4, -0.2) is 61.5 Å². The highest BCUT2D eigenvalue weighted by atomic mass is 16.7. The van der Waals surface area contributed by atoms with E-state index in [0.717, 1.165) is 66.8 Å². The van der Waals surface area contributed by atoms with Crippen molar-refractivity contribution in [2.45, 2.75) is 104 Å². The first-order chi connectivity index (χ1) is 68.5. The van der Waals surface area contributed by atoms with Crippen LogP contribution in [0, 0.1) is 0 Å². The first kappa shape index (κ1) is 93.8. The van der Waals surface area contributed by atoms with Gasteiger partial charge in [-0.25, -0.2) is 19.2 Å². The van der Waals surface area contributed by atoms with E-state index >= 15 is 19.2 Å². The summed E-state index contributed by atoms with van der Waals surface area (Å²) in [5.74, 6) is -2.81. The van der Waals surface area contributed by atoms with Crippen molar-refractivity contribution < 1.29 is 99.7 Å². The minimum absolute atomic E-state index is 0.0103. The molecule has 0 unspecified atom stereocenters. The van der Waals surface area contributed by atoms with E-state index in [1.165, 1.54) is 48.5 Å². The van der Waals surface area contributed by atoms with Gasteiger partial charge in [0.05, 0.1) is 28.9 Å². The molecule has 0 saturated carbocycles. The number of benzene rings is 16. The molecule has 1 aliphatic rings. The number of esters is 4. The summed E-state index contributed by atoms with van der Waals surface area (Å²) < 4.78 is 115. The smallest absolute Gasteiger partial charge is 0.338 e. The van der Waals surface area contributed by atoms with Crippen LogP contribution in [0.1, 0.15) is 108 Å². The number of hydrogen-bond donors (Lipinski definition) is 0. The van der Waals surface area contributed by atoms with Crippen molar-refractivity contribution in [2.75, 3.05) is 13.2 Å². The zero-order valence-electron chi connectivity index (χ0n) is 76.0. The zero-order chi connectivity index (χ0) is 94.8. The fraction of sp³-hybridized carbons (Fsp3) is 0.153. The lowest BCUT2D eigenvalue weighted by Crippen LogP contribution is -2.59. The predicted molar refractivity (Wildman–Crippen MR) is 523 cm³/mol. The summed E-state index contributed by atoms with van der Waals surface area (Å²) in [5, 5.41) is 0. The third kappa shape index (κ3) is 26.8. The molecule has 1 aliphatic heterocycles. The van der Waals surface area contributed by atoms with E-state index in [4.69, 9.17) is 80.5 Å². The van der Waals surface area contributed by atoms with Gasteiger partial charge in [0.1, 0.15) is 92.0 Å². The van der Waals surface area contributed by atoms with Gasteiger partial charge in [-0.1, -0.05) is 364 Å². The molecular formula is C118H100O21. The van der Waals surface area contributed by atoms with Crippen LogP contribution < -0.4 is 56.8 Å². The molecule has 21 nitrogen and oxygen atoms in total. The molecule has 0 radical (unpaired) electrons. The molecule has 0 amide bonds. The largest absolute Gasteiger partial charge is 0.485 e. The number of carbonyl (C=O) groups is 4. The number of rotatable bonds is 45. The molecule has 4 atom stereocenters. The van der Waals surface area contributed by atoms with Crippen molar-refractivity contribution in [1.29, 1.82) is 0 Å². The minimum atomic E-state index is -1.94. The second-order valence-electron chi connectivity index (χ2n) is 32.7. The third-order valence-corrected chi connectivity index (χ3v) is 22.5. The van der Waals surface area contributed by atoms with Crippen LogP contribution in [0.15, 0.2) is 413 Å². The summed E-state index contributed by atoms with van der Waals surface area (Å²) in [7, 11) is 0. The lowest BCUT2D eigenvalue weighted by Gasteiger charge is -2.40. The first-order valence-corrected chi connectivity index (χ1v) is 45.7. The summed E-state index contributed by atoms with van der Waals surface area (Å²) in [6, 6.07) is 125. The molecule has 1 saturated heterocycles. The number of hydrogen-bond acceptors (Lipinski definition) is 21. The molecule has 16 aromatic carbocycles. The van der Waals surface area contributed by atoms with Gasteiger partial charge in [-0.2, -0.15) is 0 Å². The van der Waals surface area contributed by atoms with E-state index in [1.807, 2.05) is 364 Å². The lowest BCUT2D eigenvalue weighted by atomic mass is 9.98. The van der Waals surface area contributed by atoms with Crippen molar-refractivity contribution in [3.8, 4) is 69.0 Å². The SMILES string of the molecule is O=C(OC[C@H]1OC[C@H](OC(=O)c2cc(OCc3ccccc3)c(OCc3ccccc3)c(OCc3ccccc3)c2)[C@@H](OC(=O)c2cc(OCc3ccccc3)c(OCc3ccccc3)c(OCc3ccccc3)c2)[C@@H]1OC(=O)c1cc(OCc2ccccc2)c(OCc2ccccc2)c(OCc2ccccc2)c1)c1cc(OCc2ccccc2)c(OCc2ccccc2)c(OCc2ccccc2)c1. The summed E-state index contributed by atoms with van der Waals surface area (Å²) in [6.07, 6.45) is -7.23. The Kier molecular flexibility index (Phi) is 32.5. The molecule has 0 bridgehead atoms. The molecule has 1 heterocycles. The van der Waals surface area contributed by atoms with E-state index in [1.54, 1.807) is 0 Å². The Morgan fingerprint density at radius 1 is 0.201 bits per heavy atom. The maximum atomic E-state index is 16.6. The Balaban J connectivity index is 0.811. The number of ether oxygens (including phenoxy) is 17. The third-order valence-electron chi connectivity index (χ3n) is 22.5. The van der Waals surface area contributed by atoms with E-state index < -0.39 is 61.5 Å². The van der Waals surface area contributed by atoms with E-state index in [2.05, 4.69) is 0 Å². The van der Waals surface area contributed by atoms with Gasteiger partial charge in [-0.05, 0) is 115 Å². The first-order valence-electron chi connectivity index (χ1n) is 45.7. The Hall–Kier alpha value is -17.0. The molecule has 139 heavy (non-hydrogen) atoms. The predicted octanol–water partition coefficient (Wildman–Crippen LogP) is 23.9. The summed E-state index contributed by atoms with van der Waals surface area (Å²) in [4.78, 5) is 65.0. The maximum Gasteiger partial charge on any atom is 0.338 e. The average Bonchev–Trinajstić information content (AvgIpc) is 0.779. The highest BCUT2D eigenvalue weighted by Gasteiger charge is 2.49. The quantitative estimate of drug-likeness (QED) is 0.0255. The minimum Gasteiger partial charge on any atom is -0.485 e. The zero-order valence-corrected chi connectivity index (χ0v) is 76.0. The Bertz CT molecular complexity index is 6360. The standard InChI is InChI=1S/C118H100O21/c119-115(95-61-99(123-69-83-37-13-1-14-38-83)109(132-77-91-53-29-9-30-54-91)100(62-95)124-70-84-39-15-2-16-40-84)136-81-107-113(138-117(121)97-65-103(127-73-87-45-21-5-22-46-87)111(134-79-93-57-33-11-34-58-93)104(66-97)128-74-88-47-23-6-24-48-88)114(139-118(122)98-67-105(129-75-89-49-25-7-26-50-89)112(135-80-94-59-35-12-36-60-94)106(68-98)130-76-90-51-27-8-28-52-90)108(82-131-107)137-116(120)96-63-101(125-71-85-41-17-3-18-42-85)110(133-78-92-55-31-10-32-56-92)102(64-96)126-72-86-43-19-4-20-44-86/h1-68,107-108,113-114H,69-82H2/t107-,108+,113-,114-/m1/s1. The maximum absolute atomic E-state index is 16.6. The molecule has 21 heteroatoms. The topological polar surface area (TPSA) is 225 Å². The van der Waals surface area contributed by atoms with Gasteiger partial charge in [-0.15, -0.1) is 0 Å².